The first-order valence-corrected chi connectivity index (χ1v) is 8.96. The molecule has 2 aliphatic rings. The summed E-state index contributed by atoms with van der Waals surface area (Å²) < 4.78 is 15.5. The molecule has 1 aromatic rings. The second-order valence-electron chi connectivity index (χ2n) is 6.70. The average Bonchev–Trinajstić information content (AvgIpc) is 3.28. The molecule has 1 aliphatic carbocycles. The van der Waals surface area contributed by atoms with Crippen LogP contribution < -0.4 is 0 Å². The van der Waals surface area contributed by atoms with Crippen LogP contribution in [0.2, 0.25) is 0 Å². The Hall–Kier alpha value is -1.47. The molecule has 1 saturated carbocycles. The molecule has 3 rings (SSSR count). The van der Waals surface area contributed by atoms with E-state index in [0.29, 0.717) is 44.0 Å². The Bertz CT molecular complexity index is 528. The van der Waals surface area contributed by atoms with Gasteiger partial charge in [-0.3, -0.25) is 4.79 Å². The van der Waals surface area contributed by atoms with Crippen molar-refractivity contribution < 1.29 is 18.8 Å². The number of ether oxygens (including phenoxy) is 2. The molecule has 134 valence electrons. The van der Waals surface area contributed by atoms with Crippen LogP contribution in [-0.4, -0.2) is 54.4 Å². The number of aromatic nitrogens is 2. The van der Waals surface area contributed by atoms with Crippen molar-refractivity contribution >= 4 is 5.91 Å². The second-order valence-corrected chi connectivity index (χ2v) is 6.70. The minimum atomic E-state index is 0.175. The van der Waals surface area contributed by atoms with E-state index in [9.17, 15) is 4.79 Å². The topological polar surface area (TPSA) is 77.7 Å². The van der Waals surface area contributed by atoms with E-state index in [4.69, 9.17) is 14.0 Å². The molecule has 0 N–H and O–H groups in total. The fraction of sp³-hybridized carbons (Fsp3) is 0.824. The third-order valence-electron chi connectivity index (χ3n) is 4.96. The van der Waals surface area contributed by atoms with Gasteiger partial charge in [0.25, 0.3) is 5.89 Å². The Morgan fingerprint density at radius 3 is 2.88 bits per heavy atom. The Morgan fingerprint density at radius 2 is 2.08 bits per heavy atom. The number of rotatable bonds is 7. The zero-order valence-corrected chi connectivity index (χ0v) is 14.4. The van der Waals surface area contributed by atoms with Crippen molar-refractivity contribution in [1.29, 1.82) is 0 Å². The Balaban J connectivity index is 1.48. The van der Waals surface area contributed by atoms with Gasteiger partial charge in [0.2, 0.25) is 5.91 Å². The van der Waals surface area contributed by atoms with Gasteiger partial charge in [-0.25, -0.2) is 0 Å². The molecule has 1 aromatic heterocycles. The molecular formula is C17H27N3O4. The van der Waals surface area contributed by atoms with Crippen LogP contribution in [0.25, 0.3) is 0 Å². The molecule has 1 unspecified atom stereocenters. The predicted molar refractivity (Wildman–Crippen MR) is 86.3 cm³/mol. The van der Waals surface area contributed by atoms with Crippen LogP contribution in [0.4, 0.5) is 0 Å². The quantitative estimate of drug-likeness (QED) is 0.709. The van der Waals surface area contributed by atoms with Crippen molar-refractivity contribution in [3.8, 4) is 0 Å². The van der Waals surface area contributed by atoms with E-state index in [1.807, 2.05) is 4.90 Å². The average molecular weight is 337 g/mol. The molecule has 2 fully saturated rings. The molecule has 1 saturated heterocycles. The fourth-order valence-corrected chi connectivity index (χ4v) is 3.57. The summed E-state index contributed by atoms with van der Waals surface area (Å²) >= 11 is 0. The van der Waals surface area contributed by atoms with E-state index in [-0.39, 0.29) is 11.8 Å². The summed E-state index contributed by atoms with van der Waals surface area (Å²) in [5.74, 6) is 1.91. The molecule has 0 aromatic carbocycles. The predicted octanol–water partition coefficient (Wildman–Crippen LogP) is 2.13. The summed E-state index contributed by atoms with van der Waals surface area (Å²) in [4.78, 5) is 19.0. The second kappa shape index (κ2) is 8.58. The highest BCUT2D eigenvalue weighted by Crippen LogP contribution is 2.30. The van der Waals surface area contributed by atoms with E-state index >= 15 is 0 Å². The summed E-state index contributed by atoms with van der Waals surface area (Å²) in [6.07, 6.45) is 6.64. The minimum Gasteiger partial charge on any atom is -0.382 e. The van der Waals surface area contributed by atoms with Gasteiger partial charge in [-0.1, -0.05) is 24.4 Å². The number of methoxy groups -OCH3 is 1. The number of hydrogen-bond donors (Lipinski definition) is 0. The van der Waals surface area contributed by atoms with Gasteiger partial charge in [0.05, 0.1) is 13.2 Å². The van der Waals surface area contributed by atoms with Gasteiger partial charge in [0.1, 0.15) is 6.61 Å². The summed E-state index contributed by atoms with van der Waals surface area (Å²) in [7, 11) is 1.63. The fourth-order valence-electron chi connectivity index (χ4n) is 3.57. The largest absolute Gasteiger partial charge is 0.382 e. The number of carbonyl (C=O) groups is 1. The smallest absolute Gasteiger partial charge is 0.252 e. The number of likely N-dealkylation sites (tertiary alicyclic amines) is 1. The van der Waals surface area contributed by atoms with Crippen LogP contribution >= 0.6 is 0 Å². The van der Waals surface area contributed by atoms with Gasteiger partial charge < -0.3 is 18.9 Å². The first-order chi connectivity index (χ1) is 11.8. The minimum absolute atomic E-state index is 0.175. The van der Waals surface area contributed by atoms with Crippen molar-refractivity contribution in [2.45, 2.75) is 51.0 Å². The number of carbonyl (C=O) groups excluding carboxylic acids is 1. The van der Waals surface area contributed by atoms with Gasteiger partial charge in [-0.2, -0.15) is 4.98 Å². The number of amides is 1. The molecule has 7 nitrogen and oxygen atoms in total. The van der Waals surface area contributed by atoms with Gasteiger partial charge in [-0.15, -0.1) is 0 Å². The summed E-state index contributed by atoms with van der Waals surface area (Å²) in [6.45, 7) is 2.85. The maximum absolute atomic E-state index is 12.6. The van der Waals surface area contributed by atoms with E-state index in [0.717, 1.165) is 25.8 Å². The van der Waals surface area contributed by atoms with Crippen molar-refractivity contribution in [3.63, 3.8) is 0 Å². The molecule has 2 heterocycles. The Kier molecular flexibility index (Phi) is 6.20. The molecular weight excluding hydrogens is 310 g/mol. The first-order valence-electron chi connectivity index (χ1n) is 8.96. The van der Waals surface area contributed by atoms with E-state index < -0.39 is 0 Å². The third kappa shape index (κ3) is 4.33. The van der Waals surface area contributed by atoms with Crippen LogP contribution in [0.5, 0.6) is 0 Å². The van der Waals surface area contributed by atoms with Crippen molar-refractivity contribution in [2.24, 2.45) is 5.92 Å². The molecule has 1 amide bonds. The van der Waals surface area contributed by atoms with Crippen LogP contribution in [0.1, 0.15) is 56.2 Å². The lowest BCUT2D eigenvalue weighted by atomic mass is 9.88. The van der Waals surface area contributed by atoms with Crippen molar-refractivity contribution in [2.75, 3.05) is 33.4 Å². The highest BCUT2D eigenvalue weighted by molar-refractivity contribution is 5.79. The van der Waals surface area contributed by atoms with Crippen molar-refractivity contribution in [1.82, 2.24) is 15.0 Å². The molecule has 0 spiro atoms. The summed E-state index contributed by atoms with van der Waals surface area (Å²) in [5, 5.41) is 4.07. The first kappa shape index (κ1) is 17.4. The zero-order chi connectivity index (χ0) is 16.8. The lowest BCUT2D eigenvalue weighted by molar-refractivity contribution is -0.135. The highest BCUT2D eigenvalue weighted by atomic mass is 16.5. The van der Waals surface area contributed by atoms with E-state index in [1.165, 1.54) is 19.3 Å². The van der Waals surface area contributed by atoms with Gasteiger partial charge >= 0.3 is 0 Å². The zero-order valence-electron chi connectivity index (χ0n) is 14.4. The Labute approximate surface area is 142 Å². The maximum atomic E-state index is 12.6. The number of nitrogens with zero attached hydrogens (tertiary/aromatic N) is 3. The Morgan fingerprint density at radius 1 is 1.25 bits per heavy atom. The molecule has 24 heavy (non-hydrogen) atoms. The van der Waals surface area contributed by atoms with E-state index in [1.54, 1.807) is 7.11 Å². The van der Waals surface area contributed by atoms with Crippen LogP contribution in [0.15, 0.2) is 4.52 Å². The molecule has 0 bridgehead atoms. The van der Waals surface area contributed by atoms with Gasteiger partial charge in [0.15, 0.2) is 5.82 Å². The van der Waals surface area contributed by atoms with Gasteiger partial charge in [-0.05, 0) is 19.3 Å². The molecule has 7 heteroatoms. The van der Waals surface area contributed by atoms with Crippen LogP contribution in [-0.2, 0) is 20.9 Å². The standard InChI is InChI=1S/C17H27N3O4/c1-22-9-10-23-12-15-18-16(19-24-15)14-7-8-20(11-14)17(21)13-5-3-2-4-6-13/h13-14H,2-12H2,1H3. The monoisotopic (exact) mass is 337 g/mol. The molecule has 1 atom stereocenters. The number of hydrogen-bond acceptors (Lipinski definition) is 6. The van der Waals surface area contributed by atoms with Gasteiger partial charge in [0, 0.05) is 32.0 Å². The highest BCUT2D eigenvalue weighted by Gasteiger charge is 2.34. The van der Waals surface area contributed by atoms with E-state index in [2.05, 4.69) is 10.1 Å². The van der Waals surface area contributed by atoms with Crippen LogP contribution in [0.3, 0.4) is 0 Å². The molecule has 1 aliphatic heterocycles. The lowest BCUT2D eigenvalue weighted by Crippen LogP contribution is -2.35. The lowest BCUT2D eigenvalue weighted by Gasteiger charge is -2.26. The normalized spacial score (nSPS) is 22.2. The SMILES string of the molecule is COCCOCc1nc(C2CCN(C(=O)C3CCCCC3)C2)no1. The molecule has 0 radical (unpaired) electrons. The third-order valence-corrected chi connectivity index (χ3v) is 4.96. The van der Waals surface area contributed by atoms with Crippen molar-refractivity contribution in [3.05, 3.63) is 11.7 Å². The maximum Gasteiger partial charge on any atom is 0.252 e. The van der Waals surface area contributed by atoms with Crippen LogP contribution in [0, 0.1) is 5.92 Å². The summed E-state index contributed by atoms with van der Waals surface area (Å²) in [5.41, 5.74) is 0. The summed E-state index contributed by atoms with van der Waals surface area (Å²) in [6, 6.07) is 0.